The smallest absolute Gasteiger partial charge is 0.149 e. The van der Waals surface area contributed by atoms with Crippen molar-refractivity contribution in [1.29, 1.82) is 5.26 Å². The Morgan fingerprint density at radius 3 is 2.85 bits per heavy atom. The lowest BCUT2D eigenvalue weighted by Crippen LogP contribution is -2.31. The Hall–Kier alpha value is -3.70. The molecule has 0 aliphatic heterocycles. The number of aromatic nitrogens is 4. The van der Waals surface area contributed by atoms with E-state index in [1.165, 1.54) is 12.1 Å². The van der Waals surface area contributed by atoms with Gasteiger partial charge in [-0.2, -0.15) is 10.4 Å². The van der Waals surface area contributed by atoms with Crippen molar-refractivity contribution in [3.8, 4) is 23.0 Å². The van der Waals surface area contributed by atoms with Crippen molar-refractivity contribution in [2.24, 2.45) is 18.7 Å². The summed E-state index contributed by atoms with van der Waals surface area (Å²) in [5.41, 5.74) is 9.30. The van der Waals surface area contributed by atoms with Crippen molar-refractivity contribution in [2.75, 3.05) is 11.9 Å². The summed E-state index contributed by atoms with van der Waals surface area (Å²) in [7, 11) is 1.89. The Labute approximate surface area is 191 Å². The van der Waals surface area contributed by atoms with Crippen LogP contribution in [0.25, 0.3) is 27.8 Å². The normalized spacial score (nSPS) is 18.4. The number of nitrogens with one attached hydrogen (secondary N) is 1. The number of halogens is 1. The van der Waals surface area contributed by atoms with Gasteiger partial charge in [0.2, 0.25) is 0 Å². The highest BCUT2D eigenvalue weighted by atomic mass is 19.1. The number of aryl methyl sites for hydroxylation is 1. The maximum absolute atomic E-state index is 14.4. The number of nitriles is 1. The van der Waals surface area contributed by atoms with Crippen molar-refractivity contribution in [3.63, 3.8) is 0 Å². The molecule has 1 fully saturated rings. The lowest BCUT2D eigenvalue weighted by molar-refractivity contribution is 0.335. The minimum atomic E-state index is -0.545. The van der Waals surface area contributed by atoms with Crippen LogP contribution in [-0.2, 0) is 7.05 Å². The van der Waals surface area contributed by atoms with E-state index in [4.69, 9.17) is 16.1 Å². The quantitative estimate of drug-likeness (QED) is 0.477. The van der Waals surface area contributed by atoms with Crippen LogP contribution >= 0.6 is 0 Å². The molecule has 0 spiro atoms. The van der Waals surface area contributed by atoms with Crippen LogP contribution in [0.5, 0.6) is 0 Å². The summed E-state index contributed by atoms with van der Waals surface area (Å²) in [5.74, 6) is 0.692. The van der Waals surface area contributed by atoms with Crippen molar-refractivity contribution in [2.45, 2.75) is 31.7 Å². The predicted octanol–water partition coefficient (Wildman–Crippen LogP) is 4.37. The van der Waals surface area contributed by atoms with Gasteiger partial charge >= 0.3 is 0 Å². The topological polar surface area (TPSA) is 97.5 Å². The number of hydrogen-bond donors (Lipinski definition) is 2. The second-order valence-corrected chi connectivity index (χ2v) is 8.85. The standard InChI is InChI=1S/C25H26FN7/c1-32-15-19-10-21(7-8-23(19)30-32)33-24(17-5-6-18(13-27)22(26)11-17)12-25(31-33)29-14-16-3-2-4-20(28)9-16/h5-8,10-12,15-16,20H,2-4,9,14,28H2,1H3,(H,29,31)/t16?,20-/m0/s1. The molecule has 0 bridgehead atoms. The number of fused-ring (bicyclic) bond motifs is 1. The van der Waals surface area contributed by atoms with Crippen LogP contribution in [0.15, 0.2) is 48.7 Å². The Kier molecular flexibility index (Phi) is 5.56. The number of nitrogens with two attached hydrogens (primary N) is 1. The van der Waals surface area contributed by atoms with Gasteiger partial charge in [0.05, 0.1) is 22.5 Å². The second kappa shape index (κ2) is 8.68. The lowest BCUT2D eigenvalue weighted by atomic mass is 9.86. The highest BCUT2D eigenvalue weighted by Gasteiger charge is 2.20. The van der Waals surface area contributed by atoms with Crippen LogP contribution in [0.3, 0.4) is 0 Å². The fraction of sp³-hybridized carbons (Fsp3) is 0.320. The first-order valence-electron chi connectivity index (χ1n) is 11.2. The molecule has 1 aliphatic rings. The molecule has 0 amide bonds. The summed E-state index contributed by atoms with van der Waals surface area (Å²) in [6.45, 7) is 0.799. The third-order valence-corrected chi connectivity index (χ3v) is 6.34. The van der Waals surface area contributed by atoms with Crippen LogP contribution in [0.4, 0.5) is 10.2 Å². The molecule has 5 rings (SSSR count). The molecular formula is C25H26FN7. The van der Waals surface area contributed by atoms with Crippen molar-refractivity contribution in [1.82, 2.24) is 19.6 Å². The largest absolute Gasteiger partial charge is 0.368 e. The van der Waals surface area contributed by atoms with E-state index in [0.29, 0.717) is 11.5 Å². The van der Waals surface area contributed by atoms with E-state index < -0.39 is 5.82 Å². The molecule has 168 valence electrons. The Balaban J connectivity index is 1.52. The SMILES string of the molecule is Cn1cc2cc(-n3nc(NCC4CCC[C@H](N)C4)cc3-c3ccc(C#N)c(F)c3)ccc2n1. The van der Waals surface area contributed by atoms with Gasteiger partial charge < -0.3 is 11.1 Å². The van der Waals surface area contributed by atoms with Gasteiger partial charge in [0.15, 0.2) is 0 Å². The fourth-order valence-electron chi connectivity index (χ4n) is 4.67. The minimum absolute atomic E-state index is 0.0218. The van der Waals surface area contributed by atoms with Crippen LogP contribution in [0, 0.1) is 23.1 Å². The number of rotatable bonds is 5. The molecule has 33 heavy (non-hydrogen) atoms. The predicted molar refractivity (Wildman–Crippen MR) is 126 cm³/mol. The van der Waals surface area contributed by atoms with Gasteiger partial charge in [0.25, 0.3) is 0 Å². The Bertz CT molecular complexity index is 1350. The summed E-state index contributed by atoms with van der Waals surface area (Å²) in [5, 5.41) is 22.8. The minimum Gasteiger partial charge on any atom is -0.368 e. The first-order valence-corrected chi connectivity index (χ1v) is 11.2. The zero-order chi connectivity index (χ0) is 22.9. The number of anilines is 1. The van der Waals surface area contributed by atoms with E-state index >= 15 is 0 Å². The summed E-state index contributed by atoms with van der Waals surface area (Å²) in [4.78, 5) is 0. The van der Waals surface area contributed by atoms with E-state index in [2.05, 4.69) is 10.4 Å². The molecule has 0 radical (unpaired) electrons. The first-order chi connectivity index (χ1) is 16.0. The highest BCUT2D eigenvalue weighted by molar-refractivity contribution is 5.81. The molecule has 8 heteroatoms. The molecule has 2 aromatic carbocycles. The van der Waals surface area contributed by atoms with Gasteiger partial charge in [-0.05, 0) is 55.5 Å². The zero-order valence-corrected chi connectivity index (χ0v) is 18.5. The second-order valence-electron chi connectivity index (χ2n) is 8.85. The van der Waals surface area contributed by atoms with Crippen LogP contribution in [-0.4, -0.2) is 32.1 Å². The van der Waals surface area contributed by atoms with Gasteiger partial charge in [0, 0.05) is 42.8 Å². The Morgan fingerprint density at radius 2 is 2.06 bits per heavy atom. The molecule has 1 unspecified atom stereocenters. The Morgan fingerprint density at radius 1 is 1.18 bits per heavy atom. The molecule has 7 nitrogen and oxygen atoms in total. The van der Waals surface area contributed by atoms with Crippen LogP contribution in [0.1, 0.15) is 31.2 Å². The summed E-state index contributed by atoms with van der Waals surface area (Å²) < 4.78 is 18.0. The number of benzene rings is 2. The van der Waals surface area contributed by atoms with E-state index in [9.17, 15) is 4.39 Å². The maximum atomic E-state index is 14.4. The van der Waals surface area contributed by atoms with Crippen molar-refractivity contribution in [3.05, 3.63) is 60.0 Å². The molecule has 2 heterocycles. The van der Waals surface area contributed by atoms with Crippen LogP contribution in [0.2, 0.25) is 0 Å². The van der Waals surface area contributed by atoms with Gasteiger partial charge in [-0.25, -0.2) is 9.07 Å². The molecule has 1 aliphatic carbocycles. The average molecular weight is 444 g/mol. The highest BCUT2D eigenvalue weighted by Crippen LogP contribution is 2.30. The molecule has 4 aromatic rings. The first kappa shape index (κ1) is 21.2. The molecular weight excluding hydrogens is 417 g/mol. The third-order valence-electron chi connectivity index (χ3n) is 6.34. The molecule has 0 saturated heterocycles. The van der Waals surface area contributed by atoms with Gasteiger partial charge in [-0.3, -0.25) is 4.68 Å². The third kappa shape index (κ3) is 4.32. The van der Waals surface area contributed by atoms with E-state index in [1.54, 1.807) is 10.7 Å². The lowest BCUT2D eigenvalue weighted by Gasteiger charge is -2.26. The molecule has 3 N–H and O–H groups in total. The molecule has 2 aromatic heterocycles. The maximum Gasteiger partial charge on any atom is 0.149 e. The van der Waals surface area contributed by atoms with Gasteiger partial charge in [-0.15, -0.1) is 5.10 Å². The van der Waals surface area contributed by atoms with E-state index in [0.717, 1.165) is 60.3 Å². The number of nitrogens with zero attached hydrogens (tertiary/aromatic N) is 5. The van der Waals surface area contributed by atoms with Crippen molar-refractivity contribution < 1.29 is 4.39 Å². The molecule has 1 saturated carbocycles. The average Bonchev–Trinajstić information content (AvgIpc) is 3.40. The van der Waals surface area contributed by atoms with Gasteiger partial charge in [-0.1, -0.05) is 12.5 Å². The molecule has 2 atom stereocenters. The van der Waals surface area contributed by atoms with Gasteiger partial charge in [0.1, 0.15) is 17.7 Å². The number of hydrogen-bond acceptors (Lipinski definition) is 5. The van der Waals surface area contributed by atoms with E-state index in [-0.39, 0.29) is 11.6 Å². The van der Waals surface area contributed by atoms with E-state index in [1.807, 2.05) is 48.3 Å². The van der Waals surface area contributed by atoms with Crippen LogP contribution < -0.4 is 11.1 Å². The monoisotopic (exact) mass is 443 g/mol. The summed E-state index contributed by atoms with van der Waals surface area (Å²) in [6, 6.07) is 14.6. The summed E-state index contributed by atoms with van der Waals surface area (Å²) >= 11 is 0. The zero-order valence-electron chi connectivity index (χ0n) is 18.5. The summed E-state index contributed by atoms with van der Waals surface area (Å²) in [6.07, 6.45) is 6.37. The fourth-order valence-corrected chi connectivity index (χ4v) is 4.67. The van der Waals surface area contributed by atoms with Crippen molar-refractivity contribution >= 4 is 16.7 Å².